The topological polar surface area (TPSA) is 40.5 Å². The summed E-state index contributed by atoms with van der Waals surface area (Å²) >= 11 is 2.01. The molecule has 0 aromatic heterocycles. The minimum absolute atomic E-state index is 0.0182. The van der Waals surface area contributed by atoms with Crippen molar-refractivity contribution in [2.75, 3.05) is 6.61 Å². The molecule has 0 amide bonds. The zero-order valence-corrected chi connectivity index (χ0v) is 8.37. The lowest BCUT2D eigenvalue weighted by molar-refractivity contribution is 0.171. The fourth-order valence-electron chi connectivity index (χ4n) is 0.430. The molecule has 2 N–H and O–H groups in total. The molecule has 0 aliphatic heterocycles. The predicted molar refractivity (Wildman–Crippen MR) is 50.0 cm³/mol. The number of aliphatic hydroxyl groups excluding tert-OH is 2. The number of hydrogen-bond donors (Lipinski definition) is 2. The number of hydrogen-bond acceptors (Lipinski definition) is 2. The van der Waals surface area contributed by atoms with Gasteiger partial charge in [-0.25, -0.2) is 0 Å². The smallest absolute Gasteiger partial charge is 0.0754 e. The van der Waals surface area contributed by atoms with Gasteiger partial charge in [0.1, 0.15) is 0 Å². The second kappa shape index (κ2) is 5.09. The average Bonchev–Trinajstić information content (AvgIpc) is 1.87. The van der Waals surface area contributed by atoms with Crippen LogP contribution in [0.2, 0.25) is 0 Å². The first-order valence-corrected chi connectivity index (χ1v) is 4.31. The van der Waals surface area contributed by atoms with E-state index in [1.54, 1.807) is 6.08 Å². The zero-order valence-electron chi connectivity index (χ0n) is 6.21. The van der Waals surface area contributed by atoms with Crippen molar-refractivity contribution >= 4 is 22.6 Å². The van der Waals surface area contributed by atoms with E-state index in [2.05, 4.69) is 0 Å². The Balaban J connectivity index is 3.86. The highest BCUT2D eigenvalue weighted by Gasteiger charge is 2.05. The van der Waals surface area contributed by atoms with E-state index in [-0.39, 0.29) is 12.5 Å². The van der Waals surface area contributed by atoms with Gasteiger partial charge in [-0.2, -0.15) is 0 Å². The largest absolute Gasteiger partial charge is 0.391 e. The van der Waals surface area contributed by atoms with Gasteiger partial charge in [-0.1, -0.05) is 13.8 Å². The molecular weight excluding hydrogens is 243 g/mol. The second-order valence-corrected chi connectivity index (χ2v) is 3.89. The lowest BCUT2D eigenvalue weighted by atomic mass is 10.1. The van der Waals surface area contributed by atoms with E-state index in [9.17, 15) is 5.11 Å². The fraction of sp³-hybridized carbons (Fsp3) is 0.714. The molecule has 10 heavy (non-hydrogen) atoms. The van der Waals surface area contributed by atoms with Crippen molar-refractivity contribution in [1.29, 1.82) is 0 Å². The maximum Gasteiger partial charge on any atom is 0.0754 e. The van der Waals surface area contributed by atoms with Gasteiger partial charge in [0.2, 0.25) is 0 Å². The van der Waals surface area contributed by atoms with Gasteiger partial charge in [-0.15, -0.1) is 0 Å². The van der Waals surface area contributed by atoms with Crippen LogP contribution in [0.15, 0.2) is 9.66 Å². The first-order chi connectivity index (χ1) is 4.57. The van der Waals surface area contributed by atoms with E-state index in [0.717, 1.165) is 3.58 Å². The Kier molecular flexibility index (Phi) is 5.29. The molecule has 0 heterocycles. The van der Waals surface area contributed by atoms with E-state index in [1.807, 2.05) is 36.4 Å². The second-order valence-electron chi connectivity index (χ2n) is 2.51. The van der Waals surface area contributed by atoms with Crippen molar-refractivity contribution in [3.63, 3.8) is 0 Å². The fourth-order valence-corrected chi connectivity index (χ4v) is 0.799. The van der Waals surface area contributed by atoms with E-state index in [0.29, 0.717) is 0 Å². The minimum atomic E-state index is -0.431. The zero-order chi connectivity index (χ0) is 8.15. The maximum atomic E-state index is 9.24. The highest BCUT2D eigenvalue weighted by Crippen LogP contribution is 2.10. The van der Waals surface area contributed by atoms with Crippen molar-refractivity contribution in [1.82, 2.24) is 0 Å². The first-order valence-electron chi connectivity index (χ1n) is 3.23. The van der Waals surface area contributed by atoms with Crippen LogP contribution < -0.4 is 0 Å². The summed E-state index contributed by atoms with van der Waals surface area (Å²) in [6.45, 7) is 3.88. The molecule has 2 nitrogen and oxygen atoms in total. The van der Waals surface area contributed by atoms with E-state index < -0.39 is 6.10 Å². The molecular formula is C7H13IO2. The number of rotatable bonds is 3. The third kappa shape index (κ3) is 4.24. The van der Waals surface area contributed by atoms with Gasteiger partial charge >= 0.3 is 0 Å². The van der Waals surface area contributed by atoms with E-state index >= 15 is 0 Å². The monoisotopic (exact) mass is 256 g/mol. The summed E-state index contributed by atoms with van der Waals surface area (Å²) in [5.74, 6) is 0.219. The Morgan fingerprint density at radius 1 is 1.60 bits per heavy atom. The maximum absolute atomic E-state index is 9.24. The van der Waals surface area contributed by atoms with Crippen molar-refractivity contribution < 1.29 is 10.2 Å². The highest BCUT2D eigenvalue weighted by molar-refractivity contribution is 14.1. The molecule has 0 radical (unpaired) electrons. The molecule has 0 bridgehead atoms. The molecule has 0 aromatic carbocycles. The van der Waals surface area contributed by atoms with Crippen LogP contribution in [-0.4, -0.2) is 22.9 Å². The van der Waals surface area contributed by atoms with Crippen LogP contribution in [0.25, 0.3) is 0 Å². The van der Waals surface area contributed by atoms with Gasteiger partial charge in [-0.3, -0.25) is 0 Å². The van der Waals surface area contributed by atoms with Crippen LogP contribution in [-0.2, 0) is 0 Å². The summed E-state index contributed by atoms with van der Waals surface area (Å²) in [5.41, 5.74) is 0. The van der Waals surface area contributed by atoms with Gasteiger partial charge in [-0.05, 0) is 34.6 Å². The number of halogens is 1. The van der Waals surface area contributed by atoms with Crippen molar-refractivity contribution in [3.8, 4) is 0 Å². The third-order valence-electron chi connectivity index (χ3n) is 1.19. The molecule has 1 atom stereocenters. The van der Waals surface area contributed by atoms with Crippen molar-refractivity contribution in [3.05, 3.63) is 9.66 Å². The Labute approximate surface area is 75.1 Å². The lowest BCUT2D eigenvalue weighted by Gasteiger charge is -2.09. The van der Waals surface area contributed by atoms with Crippen LogP contribution in [0.3, 0.4) is 0 Å². The van der Waals surface area contributed by atoms with Gasteiger partial charge in [0.05, 0.1) is 12.7 Å². The molecule has 0 aromatic rings. The van der Waals surface area contributed by atoms with Crippen LogP contribution in [0.4, 0.5) is 0 Å². The quantitative estimate of drug-likeness (QED) is 0.747. The molecule has 0 fully saturated rings. The van der Waals surface area contributed by atoms with Crippen molar-refractivity contribution in [2.24, 2.45) is 5.92 Å². The Morgan fingerprint density at radius 2 is 2.10 bits per heavy atom. The molecule has 60 valence electrons. The normalized spacial score (nSPS) is 16.0. The minimum Gasteiger partial charge on any atom is -0.391 e. The molecule has 3 heteroatoms. The summed E-state index contributed by atoms with van der Waals surface area (Å²) in [6, 6.07) is 0. The lowest BCUT2D eigenvalue weighted by Crippen LogP contribution is -2.11. The van der Waals surface area contributed by atoms with Crippen molar-refractivity contribution in [2.45, 2.75) is 20.0 Å². The molecule has 0 saturated carbocycles. The van der Waals surface area contributed by atoms with E-state index in [1.165, 1.54) is 0 Å². The molecule has 0 rings (SSSR count). The van der Waals surface area contributed by atoms with Gasteiger partial charge in [0.15, 0.2) is 0 Å². The highest BCUT2D eigenvalue weighted by atomic mass is 127. The summed E-state index contributed by atoms with van der Waals surface area (Å²) in [5, 5.41) is 17.8. The standard InChI is InChI=1S/C7H13IO2/c1-5(2)7(10)3-6(8)4-9/h3,5,7,9-10H,4H2,1-2H3/b6-3-. The summed E-state index contributed by atoms with van der Waals surface area (Å²) in [4.78, 5) is 0. The van der Waals surface area contributed by atoms with Crippen LogP contribution in [0.5, 0.6) is 0 Å². The molecule has 0 aliphatic rings. The summed E-state index contributed by atoms with van der Waals surface area (Å²) in [7, 11) is 0. The average molecular weight is 256 g/mol. The summed E-state index contributed by atoms with van der Waals surface area (Å²) in [6.07, 6.45) is 1.24. The molecule has 0 saturated heterocycles. The van der Waals surface area contributed by atoms with Gasteiger partial charge in [0, 0.05) is 3.58 Å². The van der Waals surface area contributed by atoms with Gasteiger partial charge in [0.25, 0.3) is 0 Å². The van der Waals surface area contributed by atoms with Crippen LogP contribution >= 0.6 is 22.6 Å². The van der Waals surface area contributed by atoms with E-state index in [4.69, 9.17) is 5.11 Å². The summed E-state index contributed by atoms with van der Waals surface area (Å²) < 4.78 is 0.791. The first kappa shape index (κ1) is 10.4. The molecule has 0 aliphatic carbocycles. The molecule has 0 spiro atoms. The SMILES string of the molecule is CC(C)C(O)/C=C(\I)CO. The van der Waals surface area contributed by atoms with Gasteiger partial charge < -0.3 is 10.2 Å². The predicted octanol–water partition coefficient (Wildman–Crippen LogP) is 1.31. The number of aliphatic hydroxyl groups is 2. The van der Waals surface area contributed by atoms with Crippen LogP contribution in [0.1, 0.15) is 13.8 Å². The van der Waals surface area contributed by atoms with Crippen LogP contribution in [0, 0.1) is 5.92 Å². The Morgan fingerprint density at radius 3 is 2.40 bits per heavy atom. The third-order valence-corrected chi connectivity index (χ3v) is 1.89. The Bertz CT molecular complexity index is 121. The Hall–Kier alpha value is 0.390. The molecule has 1 unspecified atom stereocenters.